The highest BCUT2D eigenvalue weighted by atomic mass is 16.3. The molecule has 0 radical (unpaired) electrons. The minimum Gasteiger partial charge on any atom is -0.386 e. The normalized spacial score (nSPS) is 18.7. The Morgan fingerprint density at radius 2 is 2.19 bits per heavy atom. The number of amides is 1. The van der Waals surface area contributed by atoms with Crippen molar-refractivity contribution in [1.29, 1.82) is 0 Å². The van der Waals surface area contributed by atoms with E-state index in [0.29, 0.717) is 18.8 Å². The summed E-state index contributed by atoms with van der Waals surface area (Å²) in [6, 6.07) is 0. The lowest BCUT2D eigenvalue weighted by Crippen LogP contribution is -2.66. The summed E-state index contributed by atoms with van der Waals surface area (Å²) in [5.41, 5.74) is -0.280. The van der Waals surface area contributed by atoms with E-state index >= 15 is 0 Å². The summed E-state index contributed by atoms with van der Waals surface area (Å²) in [4.78, 5) is 17.5. The van der Waals surface area contributed by atoms with Crippen LogP contribution < -0.4 is 0 Å². The lowest BCUT2D eigenvalue weighted by molar-refractivity contribution is -0.111. The van der Waals surface area contributed by atoms with Crippen molar-refractivity contribution < 1.29 is 9.90 Å². The summed E-state index contributed by atoms with van der Waals surface area (Å²) in [6.07, 6.45) is 3.29. The standard InChI is InChI=1S/C11H17N3O2/c1-8(2)11(16)5-14(6-11)10(15)9-4-13(3)7-12-9/h4,7-8,16H,5-6H2,1-3H3. The third kappa shape index (κ3) is 1.71. The molecule has 1 aliphatic rings. The third-order valence-corrected chi connectivity index (χ3v) is 3.22. The maximum atomic E-state index is 11.9. The van der Waals surface area contributed by atoms with Crippen LogP contribution in [0.25, 0.3) is 0 Å². The molecule has 0 aromatic carbocycles. The fourth-order valence-corrected chi connectivity index (χ4v) is 1.81. The molecule has 1 aliphatic heterocycles. The summed E-state index contributed by atoms with van der Waals surface area (Å²) in [5.74, 6) is 0.0613. The van der Waals surface area contributed by atoms with Crippen LogP contribution in [0, 0.1) is 5.92 Å². The highest BCUT2D eigenvalue weighted by molar-refractivity contribution is 5.92. The summed E-state index contributed by atoms with van der Waals surface area (Å²) in [6.45, 7) is 4.73. The van der Waals surface area contributed by atoms with Gasteiger partial charge in [0.25, 0.3) is 5.91 Å². The molecule has 0 bridgehead atoms. The van der Waals surface area contributed by atoms with Crippen molar-refractivity contribution in [2.24, 2.45) is 13.0 Å². The Labute approximate surface area is 94.7 Å². The molecular formula is C11H17N3O2. The molecule has 0 unspecified atom stereocenters. The van der Waals surface area contributed by atoms with Crippen LogP contribution in [0.3, 0.4) is 0 Å². The fourth-order valence-electron chi connectivity index (χ4n) is 1.81. The van der Waals surface area contributed by atoms with Gasteiger partial charge in [0.2, 0.25) is 0 Å². The van der Waals surface area contributed by atoms with Gasteiger partial charge in [-0.2, -0.15) is 0 Å². The van der Waals surface area contributed by atoms with Gasteiger partial charge in [0.1, 0.15) is 11.3 Å². The first-order chi connectivity index (χ1) is 7.42. The Balaban J connectivity index is 2.00. The highest BCUT2D eigenvalue weighted by Gasteiger charge is 2.46. The lowest BCUT2D eigenvalue weighted by Gasteiger charge is -2.48. The number of aryl methyl sites for hydroxylation is 1. The first-order valence-corrected chi connectivity index (χ1v) is 5.42. The summed E-state index contributed by atoms with van der Waals surface area (Å²) < 4.78 is 1.74. The zero-order chi connectivity index (χ0) is 11.9. The Morgan fingerprint density at radius 3 is 2.62 bits per heavy atom. The van der Waals surface area contributed by atoms with Gasteiger partial charge in [0, 0.05) is 13.2 Å². The molecule has 1 aromatic rings. The van der Waals surface area contributed by atoms with Crippen LogP contribution in [-0.4, -0.2) is 44.2 Å². The molecule has 1 fully saturated rings. The van der Waals surface area contributed by atoms with Crippen LogP contribution in [0.1, 0.15) is 24.3 Å². The number of rotatable bonds is 2. The average molecular weight is 223 g/mol. The molecule has 0 spiro atoms. The highest BCUT2D eigenvalue weighted by Crippen LogP contribution is 2.29. The van der Waals surface area contributed by atoms with Crippen molar-refractivity contribution in [2.45, 2.75) is 19.4 Å². The number of likely N-dealkylation sites (tertiary alicyclic amines) is 1. The number of hydrogen-bond acceptors (Lipinski definition) is 3. The van der Waals surface area contributed by atoms with Gasteiger partial charge < -0.3 is 14.6 Å². The first-order valence-electron chi connectivity index (χ1n) is 5.42. The predicted molar refractivity (Wildman–Crippen MR) is 58.9 cm³/mol. The molecule has 16 heavy (non-hydrogen) atoms. The van der Waals surface area contributed by atoms with E-state index in [1.165, 1.54) is 0 Å². The van der Waals surface area contributed by atoms with E-state index in [-0.39, 0.29) is 11.8 Å². The van der Waals surface area contributed by atoms with E-state index in [1.54, 1.807) is 22.0 Å². The zero-order valence-electron chi connectivity index (χ0n) is 9.84. The Bertz CT molecular complexity index is 405. The Hall–Kier alpha value is -1.36. The van der Waals surface area contributed by atoms with Gasteiger partial charge in [-0.1, -0.05) is 13.8 Å². The minimum atomic E-state index is -0.718. The molecule has 88 valence electrons. The molecule has 5 nitrogen and oxygen atoms in total. The largest absolute Gasteiger partial charge is 0.386 e. The van der Waals surface area contributed by atoms with Crippen LogP contribution in [-0.2, 0) is 7.05 Å². The van der Waals surface area contributed by atoms with Crippen LogP contribution in [0.2, 0.25) is 0 Å². The number of hydrogen-bond donors (Lipinski definition) is 1. The van der Waals surface area contributed by atoms with Crippen LogP contribution in [0.15, 0.2) is 12.5 Å². The maximum Gasteiger partial charge on any atom is 0.274 e. The topological polar surface area (TPSA) is 58.4 Å². The van der Waals surface area contributed by atoms with E-state index in [0.717, 1.165) is 0 Å². The van der Waals surface area contributed by atoms with E-state index in [9.17, 15) is 9.90 Å². The molecule has 1 saturated heterocycles. The SMILES string of the molecule is CC(C)C1(O)CN(C(=O)c2cn(C)cn2)C1. The van der Waals surface area contributed by atoms with Gasteiger partial charge in [-0.05, 0) is 5.92 Å². The van der Waals surface area contributed by atoms with Gasteiger partial charge in [-0.3, -0.25) is 4.79 Å². The molecule has 2 heterocycles. The molecule has 1 N–H and O–H groups in total. The van der Waals surface area contributed by atoms with E-state index in [4.69, 9.17) is 0 Å². The molecule has 0 aliphatic carbocycles. The van der Waals surface area contributed by atoms with Gasteiger partial charge in [0.15, 0.2) is 0 Å². The van der Waals surface area contributed by atoms with Gasteiger partial charge in [-0.25, -0.2) is 4.98 Å². The van der Waals surface area contributed by atoms with Gasteiger partial charge in [0.05, 0.1) is 19.4 Å². The summed E-state index contributed by atoms with van der Waals surface area (Å²) in [7, 11) is 1.82. The monoisotopic (exact) mass is 223 g/mol. The van der Waals surface area contributed by atoms with Crippen molar-refractivity contribution in [1.82, 2.24) is 14.5 Å². The number of carbonyl (C=O) groups excluding carboxylic acids is 1. The summed E-state index contributed by atoms with van der Waals surface area (Å²) >= 11 is 0. The number of aliphatic hydroxyl groups is 1. The van der Waals surface area contributed by atoms with Crippen LogP contribution in [0.4, 0.5) is 0 Å². The molecule has 1 amide bonds. The number of β-amino-alcohol motifs (C(OH)–C–C–N with tert-alkyl or cyclic N) is 1. The second-order valence-electron chi connectivity index (χ2n) is 4.84. The molecule has 0 saturated carbocycles. The van der Waals surface area contributed by atoms with Gasteiger partial charge in [-0.15, -0.1) is 0 Å². The second-order valence-corrected chi connectivity index (χ2v) is 4.84. The second kappa shape index (κ2) is 3.59. The maximum absolute atomic E-state index is 11.9. The van der Waals surface area contributed by atoms with E-state index in [1.807, 2.05) is 20.9 Å². The number of carbonyl (C=O) groups is 1. The lowest BCUT2D eigenvalue weighted by atomic mass is 9.83. The van der Waals surface area contributed by atoms with Crippen LogP contribution >= 0.6 is 0 Å². The number of imidazole rings is 1. The Kier molecular flexibility index (Phi) is 2.50. The Morgan fingerprint density at radius 1 is 1.56 bits per heavy atom. The quantitative estimate of drug-likeness (QED) is 0.782. The fraction of sp³-hybridized carbons (Fsp3) is 0.636. The number of nitrogens with zero attached hydrogens (tertiary/aromatic N) is 3. The number of aromatic nitrogens is 2. The smallest absolute Gasteiger partial charge is 0.274 e. The van der Waals surface area contributed by atoms with Crippen molar-refractivity contribution in [2.75, 3.05) is 13.1 Å². The average Bonchev–Trinajstić information content (AvgIpc) is 2.58. The van der Waals surface area contributed by atoms with Crippen LogP contribution in [0.5, 0.6) is 0 Å². The van der Waals surface area contributed by atoms with Crippen molar-refractivity contribution in [3.63, 3.8) is 0 Å². The predicted octanol–water partition coefficient (Wildman–Crippen LogP) is 0.263. The van der Waals surface area contributed by atoms with E-state index < -0.39 is 5.60 Å². The molecular weight excluding hydrogens is 206 g/mol. The molecule has 1 aromatic heterocycles. The molecule has 0 atom stereocenters. The van der Waals surface area contributed by atoms with Crippen molar-refractivity contribution >= 4 is 5.91 Å². The van der Waals surface area contributed by atoms with Crippen molar-refractivity contribution in [3.8, 4) is 0 Å². The first kappa shape index (κ1) is 11.1. The minimum absolute atomic E-state index is 0.106. The molecule has 2 rings (SSSR count). The zero-order valence-corrected chi connectivity index (χ0v) is 9.84. The summed E-state index contributed by atoms with van der Waals surface area (Å²) in [5, 5.41) is 10.0. The van der Waals surface area contributed by atoms with Gasteiger partial charge >= 0.3 is 0 Å². The van der Waals surface area contributed by atoms with E-state index in [2.05, 4.69) is 4.98 Å². The molecule has 5 heteroatoms. The third-order valence-electron chi connectivity index (χ3n) is 3.22. The van der Waals surface area contributed by atoms with Crippen molar-refractivity contribution in [3.05, 3.63) is 18.2 Å².